The van der Waals surface area contributed by atoms with E-state index in [4.69, 9.17) is 4.74 Å². The summed E-state index contributed by atoms with van der Waals surface area (Å²) in [5, 5.41) is 0. The molecule has 3 nitrogen and oxygen atoms in total. The van der Waals surface area contributed by atoms with Crippen LogP contribution in [0.25, 0.3) is 0 Å². The normalized spacial score (nSPS) is 17.9. The lowest BCUT2D eigenvalue weighted by Crippen LogP contribution is -2.04. The molecular formula is C11H8BrNO2. The Hall–Kier alpha value is -1.42. The largest absolute Gasteiger partial charge is 0.402 e. The summed E-state index contributed by atoms with van der Waals surface area (Å²) < 4.78 is 5.99. The maximum atomic E-state index is 11.2. The number of carbonyl (C=O) groups is 1. The molecule has 1 aliphatic heterocycles. The van der Waals surface area contributed by atoms with E-state index < -0.39 is 5.97 Å². The molecule has 76 valence electrons. The third-order valence-electron chi connectivity index (χ3n) is 1.99. The molecular weight excluding hydrogens is 258 g/mol. The van der Waals surface area contributed by atoms with Crippen molar-refractivity contribution in [3.05, 3.63) is 46.1 Å². The fraction of sp³-hybridized carbons (Fsp3) is 0.0909. The molecule has 2 rings (SSSR count). The van der Waals surface area contributed by atoms with Gasteiger partial charge in [-0.3, -0.25) is 0 Å². The number of cyclic esters (lactones) is 1. The number of carbonyl (C=O) groups excluding carboxylic acids is 1. The summed E-state index contributed by atoms with van der Waals surface area (Å²) in [6, 6.07) is 7.43. The van der Waals surface area contributed by atoms with E-state index in [-0.39, 0.29) is 0 Å². The first-order chi connectivity index (χ1) is 7.20. The number of hydrogen-bond acceptors (Lipinski definition) is 3. The molecule has 0 aromatic heterocycles. The monoisotopic (exact) mass is 265 g/mol. The molecule has 0 atom stereocenters. The van der Waals surface area contributed by atoms with Gasteiger partial charge < -0.3 is 4.74 Å². The van der Waals surface area contributed by atoms with Crippen LogP contribution in [0.5, 0.6) is 0 Å². The summed E-state index contributed by atoms with van der Waals surface area (Å²) >= 11 is 3.33. The Labute approximate surface area is 95.6 Å². The fourth-order valence-corrected chi connectivity index (χ4v) is 1.48. The average Bonchev–Trinajstić information content (AvgIpc) is 2.61. The zero-order valence-corrected chi connectivity index (χ0v) is 9.61. The van der Waals surface area contributed by atoms with Gasteiger partial charge in [0.2, 0.25) is 5.90 Å². The Balaban J connectivity index is 2.34. The summed E-state index contributed by atoms with van der Waals surface area (Å²) in [7, 11) is 0. The van der Waals surface area contributed by atoms with Crippen LogP contribution >= 0.6 is 15.9 Å². The van der Waals surface area contributed by atoms with E-state index in [9.17, 15) is 4.79 Å². The van der Waals surface area contributed by atoms with Crippen LogP contribution in [0.3, 0.4) is 0 Å². The topological polar surface area (TPSA) is 38.7 Å². The maximum Gasteiger partial charge on any atom is 0.363 e. The van der Waals surface area contributed by atoms with E-state index in [0.29, 0.717) is 11.6 Å². The molecule has 0 bridgehead atoms. The molecule has 0 N–H and O–H groups in total. The Morgan fingerprint density at radius 2 is 2.00 bits per heavy atom. The highest BCUT2D eigenvalue weighted by Crippen LogP contribution is 2.17. The van der Waals surface area contributed by atoms with Crippen LogP contribution in [0.4, 0.5) is 0 Å². The maximum absolute atomic E-state index is 11.2. The van der Waals surface area contributed by atoms with E-state index in [0.717, 1.165) is 10.0 Å². The van der Waals surface area contributed by atoms with Crippen molar-refractivity contribution in [3.63, 3.8) is 0 Å². The van der Waals surface area contributed by atoms with Crippen molar-refractivity contribution in [1.29, 1.82) is 0 Å². The van der Waals surface area contributed by atoms with Crippen LogP contribution in [0.1, 0.15) is 12.5 Å². The average molecular weight is 266 g/mol. The van der Waals surface area contributed by atoms with Gasteiger partial charge in [-0.15, -0.1) is 0 Å². The summed E-state index contributed by atoms with van der Waals surface area (Å²) in [4.78, 5) is 15.3. The summed E-state index contributed by atoms with van der Waals surface area (Å²) in [6.07, 6.45) is 1.63. The smallest absolute Gasteiger partial charge is 0.363 e. The Morgan fingerprint density at radius 1 is 1.33 bits per heavy atom. The van der Waals surface area contributed by atoms with Gasteiger partial charge in [0.05, 0.1) is 0 Å². The van der Waals surface area contributed by atoms with E-state index in [1.165, 1.54) is 0 Å². The van der Waals surface area contributed by atoms with E-state index in [1.807, 2.05) is 24.3 Å². The van der Waals surface area contributed by atoms with Gasteiger partial charge in [0.15, 0.2) is 0 Å². The number of benzene rings is 1. The number of halogens is 1. The highest BCUT2D eigenvalue weighted by Gasteiger charge is 2.22. The van der Waals surface area contributed by atoms with Crippen molar-refractivity contribution in [2.24, 2.45) is 4.99 Å². The van der Waals surface area contributed by atoms with Crippen LogP contribution < -0.4 is 0 Å². The van der Waals surface area contributed by atoms with Gasteiger partial charge in [0.25, 0.3) is 0 Å². The molecule has 0 radical (unpaired) electrons. The van der Waals surface area contributed by atoms with Crippen LogP contribution in [-0.4, -0.2) is 11.9 Å². The highest BCUT2D eigenvalue weighted by molar-refractivity contribution is 9.10. The molecule has 1 heterocycles. The lowest BCUT2D eigenvalue weighted by atomic mass is 10.2. The van der Waals surface area contributed by atoms with Gasteiger partial charge in [0.1, 0.15) is 5.70 Å². The zero-order chi connectivity index (χ0) is 10.8. The number of hydrogen-bond donors (Lipinski definition) is 0. The van der Waals surface area contributed by atoms with Crippen LogP contribution in [0.2, 0.25) is 0 Å². The number of ether oxygens (including phenoxy) is 1. The summed E-state index contributed by atoms with van der Waals surface area (Å²) in [6.45, 7) is 1.75. The fourth-order valence-electron chi connectivity index (χ4n) is 1.22. The van der Waals surface area contributed by atoms with E-state index >= 15 is 0 Å². The second kappa shape index (κ2) is 3.98. The SMILES string of the molecule is C/C=C1\N=C(c2ccc(Br)cc2)OC1=O. The lowest BCUT2D eigenvalue weighted by molar-refractivity contribution is -0.130. The van der Waals surface area contributed by atoms with Gasteiger partial charge in [-0.25, -0.2) is 9.79 Å². The molecule has 4 heteroatoms. The van der Waals surface area contributed by atoms with Crippen LogP contribution in [-0.2, 0) is 9.53 Å². The van der Waals surface area contributed by atoms with E-state index in [1.54, 1.807) is 13.0 Å². The first kappa shape index (κ1) is 10.1. The zero-order valence-electron chi connectivity index (χ0n) is 8.03. The second-order valence-corrected chi connectivity index (χ2v) is 3.90. The molecule has 1 aromatic carbocycles. The van der Waals surface area contributed by atoms with Crippen LogP contribution in [0, 0.1) is 0 Å². The lowest BCUT2D eigenvalue weighted by Gasteiger charge is -1.98. The molecule has 1 aliphatic rings. The third kappa shape index (κ3) is 1.99. The highest BCUT2D eigenvalue weighted by atomic mass is 79.9. The predicted molar refractivity (Wildman–Crippen MR) is 60.5 cm³/mol. The number of allylic oxidation sites excluding steroid dienone is 1. The first-order valence-corrected chi connectivity index (χ1v) is 5.23. The Kier molecular flexibility index (Phi) is 2.68. The number of esters is 1. The quantitative estimate of drug-likeness (QED) is 0.579. The molecule has 0 aliphatic carbocycles. The first-order valence-electron chi connectivity index (χ1n) is 4.44. The minimum atomic E-state index is -0.393. The molecule has 1 aromatic rings. The van der Waals surface area contributed by atoms with Crippen molar-refractivity contribution in [1.82, 2.24) is 0 Å². The van der Waals surface area contributed by atoms with Crippen molar-refractivity contribution in [3.8, 4) is 0 Å². The van der Waals surface area contributed by atoms with Gasteiger partial charge in [-0.05, 0) is 31.2 Å². The van der Waals surface area contributed by atoms with Crippen molar-refractivity contribution < 1.29 is 9.53 Å². The van der Waals surface area contributed by atoms with Crippen molar-refractivity contribution >= 4 is 27.8 Å². The van der Waals surface area contributed by atoms with Gasteiger partial charge in [-0.2, -0.15) is 0 Å². The third-order valence-corrected chi connectivity index (χ3v) is 2.51. The number of rotatable bonds is 1. The molecule has 0 fully saturated rings. The molecule has 15 heavy (non-hydrogen) atoms. The van der Waals surface area contributed by atoms with Gasteiger partial charge >= 0.3 is 5.97 Å². The minimum absolute atomic E-state index is 0.355. The van der Waals surface area contributed by atoms with E-state index in [2.05, 4.69) is 20.9 Å². The Morgan fingerprint density at radius 3 is 2.53 bits per heavy atom. The van der Waals surface area contributed by atoms with Gasteiger partial charge in [-0.1, -0.05) is 22.0 Å². The summed E-state index contributed by atoms with van der Waals surface area (Å²) in [5.74, 6) is -0.0315. The molecule has 0 spiro atoms. The number of aliphatic imine (C=N–C) groups is 1. The standard InChI is InChI=1S/C11H8BrNO2/c1-2-9-11(14)15-10(13-9)7-3-5-8(12)6-4-7/h2-6H,1H3/b9-2-. The van der Waals surface area contributed by atoms with Crippen LogP contribution in [0.15, 0.2) is 45.5 Å². The molecule has 0 saturated carbocycles. The second-order valence-electron chi connectivity index (χ2n) is 2.99. The number of nitrogens with zero attached hydrogens (tertiary/aromatic N) is 1. The summed E-state index contributed by atoms with van der Waals surface area (Å²) in [5.41, 5.74) is 1.15. The van der Waals surface area contributed by atoms with Crippen molar-refractivity contribution in [2.45, 2.75) is 6.92 Å². The van der Waals surface area contributed by atoms with Gasteiger partial charge in [0, 0.05) is 10.0 Å². The predicted octanol–water partition coefficient (Wildman–Crippen LogP) is 2.66. The molecule has 0 saturated heterocycles. The Bertz CT molecular complexity index is 460. The minimum Gasteiger partial charge on any atom is -0.402 e. The molecule has 0 amide bonds. The molecule has 0 unspecified atom stereocenters. The van der Waals surface area contributed by atoms with Crippen molar-refractivity contribution in [2.75, 3.05) is 0 Å².